The molecule has 6 heteroatoms. The Bertz CT molecular complexity index is 826. The van der Waals surface area contributed by atoms with E-state index in [9.17, 15) is 14.4 Å². The van der Waals surface area contributed by atoms with Crippen LogP contribution in [-0.2, 0) is 28.6 Å². The molecule has 0 bridgehead atoms. The molecule has 6 nitrogen and oxygen atoms in total. The normalized spacial score (nSPS) is 12.6. The third-order valence-electron chi connectivity index (χ3n) is 11.1. The van der Waals surface area contributed by atoms with E-state index in [2.05, 4.69) is 34.6 Å². The van der Waals surface area contributed by atoms with E-state index in [1.165, 1.54) is 148 Å². The lowest BCUT2D eigenvalue weighted by atomic mass is 9.99. The zero-order valence-corrected chi connectivity index (χ0v) is 36.8. The second kappa shape index (κ2) is 41.1. The number of unbranched alkanes of at least 4 members (excludes halogenated alkanes) is 26. The Kier molecular flexibility index (Phi) is 39.8. The summed E-state index contributed by atoms with van der Waals surface area (Å²) >= 11 is 0. The maximum atomic E-state index is 12.7. The van der Waals surface area contributed by atoms with Crippen molar-refractivity contribution in [3.05, 3.63) is 0 Å². The summed E-state index contributed by atoms with van der Waals surface area (Å²) in [4.78, 5) is 37.7. The molecule has 0 aromatic carbocycles. The minimum Gasteiger partial charge on any atom is -0.462 e. The zero-order chi connectivity index (χ0) is 39.7. The SMILES string of the molecule is CCCCCCCCCCCCCCC(=O)OC[C@@H](COC(=O)CCCCCCCCCCCCC(C)CC)OC(=O)CCCCCCCCCC(C)C. The van der Waals surface area contributed by atoms with Crippen molar-refractivity contribution in [3.63, 3.8) is 0 Å². The Morgan fingerprint density at radius 1 is 0.389 bits per heavy atom. The van der Waals surface area contributed by atoms with Crippen LogP contribution in [0.4, 0.5) is 0 Å². The van der Waals surface area contributed by atoms with E-state index in [1.54, 1.807) is 0 Å². The standard InChI is InChI=1S/C48H92O6/c1-6-8-9-10-11-12-13-14-18-23-28-33-38-46(49)52-41-45(54-48(51)40-35-30-25-20-21-26-31-36-43(3)4)42-53-47(50)39-34-29-24-19-16-15-17-22-27-32-37-44(5)7-2/h43-45H,6-42H2,1-5H3/t44?,45-/m0/s1. The largest absolute Gasteiger partial charge is 0.462 e. The van der Waals surface area contributed by atoms with E-state index in [0.29, 0.717) is 19.3 Å². The Morgan fingerprint density at radius 2 is 0.704 bits per heavy atom. The van der Waals surface area contributed by atoms with Crippen LogP contribution in [0.3, 0.4) is 0 Å². The van der Waals surface area contributed by atoms with Gasteiger partial charge in [0.05, 0.1) is 0 Å². The van der Waals surface area contributed by atoms with Gasteiger partial charge in [-0.25, -0.2) is 0 Å². The van der Waals surface area contributed by atoms with Gasteiger partial charge < -0.3 is 14.2 Å². The highest BCUT2D eigenvalue weighted by Gasteiger charge is 2.19. The lowest BCUT2D eigenvalue weighted by molar-refractivity contribution is -0.167. The average molecular weight is 765 g/mol. The third-order valence-corrected chi connectivity index (χ3v) is 11.1. The molecule has 0 radical (unpaired) electrons. The first-order chi connectivity index (χ1) is 26.3. The van der Waals surface area contributed by atoms with Crippen LogP contribution in [0, 0.1) is 11.8 Å². The zero-order valence-electron chi connectivity index (χ0n) is 36.8. The van der Waals surface area contributed by atoms with Gasteiger partial charge in [-0.3, -0.25) is 14.4 Å². The van der Waals surface area contributed by atoms with Crippen molar-refractivity contribution < 1.29 is 28.6 Å². The van der Waals surface area contributed by atoms with Crippen LogP contribution in [-0.4, -0.2) is 37.2 Å². The van der Waals surface area contributed by atoms with Crippen LogP contribution in [0.25, 0.3) is 0 Å². The van der Waals surface area contributed by atoms with Gasteiger partial charge in [0.2, 0.25) is 0 Å². The van der Waals surface area contributed by atoms with E-state index in [-0.39, 0.29) is 31.1 Å². The fraction of sp³-hybridized carbons (Fsp3) is 0.938. The van der Waals surface area contributed by atoms with Crippen molar-refractivity contribution >= 4 is 17.9 Å². The smallest absolute Gasteiger partial charge is 0.306 e. The van der Waals surface area contributed by atoms with Crippen LogP contribution in [0.15, 0.2) is 0 Å². The van der Waals surface area contributed by atoms with Crippen LogP contribution < -0.4 is 0 Å². The van der Waals surface area contributed by atoms with E-state index in [0.717, 1.165) is 69.6 Å². The second-order valence-electron chi connectivity index (χ2n) is 17.1. The van der Waals surface area contributed by atoms with Crippen molar-refractivity contribution in [2.24, 2.45) is 11.8 Å². The third kappa shape index (κ3) is 40.1. The maximum absolute atomic E-state index is 12.7. The van der Waals surface area contributed by atoms with E-state index >= 15 is 0 Å². The van der Waals surface area contributed by atoms with Crippen LogP contribution >= 0.6 is 0 Å². The number of carbonyl (C=O) groups excluding carboxylic acids is 3. The van der Waals surface area contributed by atoms with Gasteiger partial charge in [0.1, 0.15) is 13.2 Å². The summed E-state index contributed by atoms with van der Waals surface area (Å²) in [5.41, 5.74) is 0. The van der Waals surface area contributed by atoms with Gasteiger partial charge in [0.15, 0.2) is 6.10 Å². The predicted molar refractivity (Wildman–Crippen MR) is 229 cm³/mol. The first kappa shape index (κ1) is 52.4. The van der Waals surface area contributed by atoms with Crippen LogP contribution in [0.1, 0.15) is 259 Å². The highest BCUT2D eigenvalue weighted by atomic mass is 16.6. The molecule has 0 aromatic rings. The molecule has 0 saturated heterocycles. The van der Waals surface area contributed by atoms with Crippen LogP contribution in [0.5, 0.6) is 0 Å². The Labute approximate surface area is 336 Å². The number of esters is 3. The average Bonchev–Trinajstić information content (AvgIpc) is 3.15. The summed E-state index contributed by atoms with van der Waals surface area (Å²) < 4.78 is 16.7. The quantitative estimate of drug-likeness (QED) is 0.0350. The summed E-state index contributed by atoms with van der Waals surface area (Å²) in [6.45, 7) is 11.3. The molecule has 54 heavy (non-hydrogen) atoms. The summed E-state index contributed by atoms with van der Waals surface area (Å²) in [7, 11) is 0. The molecule has 0 amide bonds. The second-order valence-corrected chi connectivity index (χ2v) is 17.1. The van der Waals surface area contributed by atoms with Crippen molar-refractivity contribution in [3.8, 4) is 0 Å². The minimum absolute atomic E-state index is 0.0651. The molecule has 0 fully saturated rings. The molecule has 0 aliphatic rings. The summed E-state index contributed by atoms with van der Waals surface area (Å²) in [6.07, 6.45) is 39.4. The molecule has 0 aromatic heterocycles. The lowest BCUT2D eigenvalue weighted by Gasteiger charge is -2.18. The van der Waals surface area contributed by atoms with E-state index in [4.69, 9.17) is 14.2 Å². The Hall–Kier alpha value is -1.59. The topological polar surface area (TPSA) is 78.9 Å². The van der Waals surface area contributed by atoms with Gasteiger partial charge in [-0.05, 0) is 31.1 Å². The molecular weight excluding hydrogens is 673 g/mol. The number of hydrogen-bond acceptors (Lipinski definition) is 6. The van der Waals surface area contributed by atoms with Crippen molar-refractivity contribution in [1.29, 1.82) is 0 Å². The van der Waals surface area contributed by atoms with Crippen molar-refractivity contribution in [1.82, 2.24) is 0 Å². The molecule has 0 saturated carbocycles. The Balaban J connectivity index is 4.32. The predicted octanol–water partition coefficient (Wildman–Crippen LogP) is 15.0. The lowest BCUT2D eigenvalue weighted by Crippen LogP contribution is -2.30. The van der Waals surface area contributed by atoms with Gasteiger partial charge in [-0.2, -0.15) is 0 Å². The molecule has 0 aliphatic carbocycles. The summed E-state index contributed by atoms with van der Waals surface area (Å²) in [5.74, 6) is 0.790. The molecule has 320 valence electrons. The number of rotatable bonds is 42. The van der Waals surface area contributed by atoms with E-state index < -0.39 is 6.10 Å². The molecule has 0 N–H and O–H groups in total. The van der Waals surface area contributed by atoms with Gasteiger partial charge in [-0.15, -0.1) is 0 Å². The highest BCUT2D eigenvalue weighted by Crippen LogP contribution is 2.17. The first-order valence-electron chi connectivity index (χ1n) is 23.8. The molecule has 0 rings (SSSR count). The summed E-state index contributed by atoms with van der Waals surface area (Å²) in [5, 5.41) is 0. The van der Waals surface area contributed by atoms with E-state index in [1.807, 2.05) is 0 Å². The molecule has 0 heterocycles. The highest BCUT2D eigenvalue weighted by molar-refractivity contribution is 5.71. The fourth-order valence-corrected chi connectivity index (χ4v) is 7.07. The van der Waals surface area contributed by atoms with Gasteiger partial charge in [-0.1, -0.05) is 221 Å². The maximum Gasteiger partial charge on any atom is 0.306 e. The number of carbonyl (C=O) groups is 3. The molecule has 2 atom stereocenters. The van der Waals surface area contributed by atoms with Crippen molar-refractivity contribution in [2.75, 3.05) is 13.2 Å². The monoisotopic (exact) mass is 765 g/mol. The fourth-order valence-electron chi connectivity index (χ4n) is 7.07. The minimum atomic E-state index is -0.761. The summed E-state index contributed by atoms with van der Waals surface area (Å²) in [6, 6.07) is 0. The molecular formula is C48H92O6. The number of ether oxygens (including phenoxy) is 3. The van der Waals surface area contributed by atoms with Gasteiger partial charge in [0.25, 0.3) is 0 Å². The van der Waals surface area contributed by atoms with Crippen LogP contribution in [0.2, 0.25) is 0 Å². The molecule has 0 aliphatic heterocycles. The van der Waals surface area contributed by atoms with Gasteiger partial charge in [0, 0.05) is 19.3 Å². The molecule has 0 spiro atoms. The van der Waals surface area contributed by atoms with Crippen molar-refractivity contribution in [2.45, 2.75) is 265 Å². The number of hydrogen-bond donors (Lipinski definition) is 0. The Morgan fingerprint density at radius 3 is 1.06 bits per heavy atom. The molecule has 1 unspecified atom stereocenters. The van der Waals surface area contributed by atoms with Gasteiger partial charge >= 0.3 is 17.9 Å². The first-order valence-corrected chi connectivity index (χ1v) is 23.8.